The molecule has 0 aliphatic heterocycles. The summed E-state index contributed by atoms with van der Waals surface area (Å²) in [6.07, 6.45) is 2.46. The quantitative estimate of drug-likeness (QED) is 0.511. The van der Waals surface area contributed by atoms with E-state index >= 15 is 0 Å². The number of aromatic amines is 1. The van der Waals surface area contributed by atoms with Crippen LogP contribution in [0.2, 0.25) is 0 Å². The van der Waals surface area contributed by atoms with Crippen molar-refractivity contribution in [2.45, 2.75) is 6.42 Å². The molecule has 23 heavy (non-hydrogen) atoms. The summed E-state index contributed by atoms with van der Waals surface area (Å²) in [7, 11) is 0. The average molecular weight is 306 g/mol. The van der Waals surface area contributed by atoms with Crippen molar-refractivity contribution in [1.29, 1.82) is 0 Å². The molecule has 2 aromatic carbocycles. The number of fused-ring (bicyclic) bond motifs is 1. The van der Waals surface area contributed by atoms with E-state index in [-0.39, 0.29) is 11.9 Å². The molecule has 3 aromatic rings. The first-order valence-electron chi connectivity index (χ1n) is 7.45. The predicted molar refractivity (Wildman–Crippen MR) is 92.4 cm³/mol. The molecule has 1 aromatic heterocycles. The number of H-pyrrole nitrogens is 1. The number of hydrogen-bond acceptors (Lipinski definition) is 2. The lowest BCUT2D eigenvalue weighted by Gasteiger charge is -2.04. The molecule has 0 unspecified atom stereocenters. The van der Waals surface area contributed by atoms with Crippen LogP contribution in [0.1, 0.15) is 15.9 Å². The summed E-state index contributed by atoms with van der Waals surface area (Å²) in [5.74, 6) is -0.125. The highest BCUT2D eigenvalue weighted by atomic mass is 16.1. The zero-order valence-electron chi connectivity index (χ0n) is 12.6. The Hall–Kier alpha value is -3.08. The van der Waals surface area contributed by atoms with E-state index in [1.807, 2.05) is 54.6 Å². The summed E-state index contributed by atoms with van der Waals surface area (Å²) in [5.41, 5.74) is 8.46. The van der Waals surface area contributed by atoms with Gasteiger partial charge in [0.15, 0.2) is 5.96 Å². The second kappa shape index (κ2) is 6.79. The first-order valence-corrected chi connectivity index (χ1v) is 7.45. The fourth-order valence-corrected chi connectivity index (χ4v) is 2.43. The Morgan fingerprint density at radius 1 is 1.09 bits per heavy atom. The molecule has 0 aliphatic rings. The summed E-state index contributed by atoms with van der Waals surface area (Å²) in [6.45, 7) is 0.532. The van der Waals surface area contributed by atoms with Gasteiger partial charge in [0.2, 0.25) is 0 Å². The molecule has 116 valence electrons. The van der Waals surface area contributed by atoms with Crippen LogP contribution in [0.25, 0.3) is 10.9 Å². The molecule has 1 heterocycles. The van der Waals surface area contributed by atoms with Gasteiger partial charge in [-0.05, 0) is 18.1 Å². The van der Waals surface area contributed by atoms with Gasteiger partial charge in [0.25, 0.3) is 5.91 Å². The number of benzene rings is 2. The van der Waals surface area contributed by atoms with E-state index in [1.165, 1.54) is 5.56 Å². The topological polar surface area (TPSA) is 83.3 Å². The van der Waals surface area contributed by atoms with E-state index in [1.54, 1.807) is 6.20 Å². The lowest BCUT2D eigenvalue weighted by atomic mass is 10.1. The highest BCUT2D eigenvalue weighted by molar-refractivity contribution is 6.12. The summed E-state index contributed by atoms with van der Waals surface area (Å²) in [5, 5.41) is 3.49. The minimum atomic E-state index is -0.261. The van der Waals surface area contributed by atoms with E-state index in [4.69, 9.17) is 5.73 Å². The molecular weight excluding hydrogens is 288 g/mol. The number of guanidine groups is 1. The van der Waals surface area contributed by atoms with E-state index in [0.29, 0.717) is 12.1 Å². The van der Waals surface area contributed by atoms with Gasteiger partial charge in [-0.25, -0.2) is 0 Å². The summed E-state index contributed by atoms with van der Waals surface area (Å²) in [4.78, 5) is 19.5. The fraction of sp³-hybridized carbons (Fsp3) is 0.111. The molecule has 5 nitrogen and oxygen atoms in total. The maximum absolute atomic E-state index is 12.3. The van der Waals surface area contributed by atoms with Gasteiger partial charge in [0.1, 0.15) is 0 Å². The number of amides is 1. The van der Waals surface area contributed by atoms with Crippen molar-refractivity contribution in [2.75, 3.05) is 6.54 Å². The molecule has 4 N–H and O–H groups in total. The summed E-state index contributed by atoms with van der Waals surface area (Å²) < 4.78 is 0. The molecule has 0 radical (unpaired) electrons. The molecule has 3 rings (SSSR count). The molecule has 0 saturated heterocycles. The molecule has 0 aliphatic carbocycles. The summed E-state index contributed by atoms with van der Waals surface area (Å²) >= 11 is 0. The molecule has 0 bridgehead atoms. The minimum Gasteiger partial charge on any atom is -0.370 e. The number of aromatic nitrogens is 1. The Morgan fingerprint density at radius 2 is 1.83 bits per heavy atom. The number of nitrogens with two attached hydrogens (primary N) is 1. The Bertz CT molecular complexity index is 836. The van der Waals surface area contributed by atoms with Crippen LogP contribution in [0.3, 0.4) is 0 Å². The van der Waals surface area contributed by atoms with Gasteiger partial charge >= 0.3 is 0 Å². The number of aliphatic imine (C=N–C) groups is 1. The van der Waals surface area contributed by atoms with Crippen molar-refractivity contribution >= 4 is 22.8 Å². The predicted octanol–water partition coefficient (Wildman–Crippen LogP) is 2.46. The normalized spacial score (nSPS) is 11.6. The minimum absolute atomic E-state index is 0.135. The van der Waals surface area contributed by atoms with Crippen LogP contribution < -0.4 is 11.1 Å². The van der Waals surface area contributed by atoms with Gasteiger partial charge < -0.3 is 10.7 Å². The highest BCUT2D eigenvalue weighted by Gasteiger charge is 2.12. The third-order valence-corrected chi connectivity index (χ3v) is 3.60. The molecular formula is C18H18N4O. The monoisotopic (exact) mass is 306 g/mol. The first kappa shape index (κ1) is 14.8. The second-order valence-corrected chi connectivity index (χ2v) is 5.20. The Balaban J connectivity index is 1.62. The van der Waals surface area contributed by atoms with Crippen molar-refractivity contribution in [2.24, 2.45) is 10.7 Å². The number of rotatable bonds is 4. The summed E-state index contributed by atoms with van der Waals surface area (Å²) in [6, 6.07) is 17.6. The standard InChI is InChI=1S/C18H18N4O/c19-18(20-11-10-13-6-2-1-3-7-13)22-17(23)15-12-21-16-9-5-4-8-14(15)16/h1-9,12,21H,10-11H2,(H3,19,20,22,23). The molecule has 1 amide bonds. The number of carbonyl (C=O) groups excluding carboxylic acids is 1. The zero-order chi connectivity index (χ0) is 16.1. The van der Waals surface area contributed by atoms with E-state index in [2.05, 4.69) is 15.3 Å². The lowest BCUT2D eigenvalue weighted by molar-refractivity contribution is 0.0978. The lowest BCUT2D eigenvalue weighted by Crippen LogP contribution is -2.36. The molecule has 0 atom stereocenters. The van der Waals surface area contributed by atoms with Gasteiger partial charge in [-0.3, -0.25) is 15.1 Å². The van der Waals surface area contributed by atoms with Crippen molar-refractivity contribution in [3.8, 4) is 0 Å². The maximum Gasteiger partial charge on any atom is 0.260 e. The number of hydrogen-bond donors (Lipinski definition) is 3. The molecule has 0 saturated carbocycles. The van der Waals surface area contributed by atoms with Crippen molar-refractivity contribution in [3.05, 3.63) is 71.9 Å². The third kappa shape index (κ3) is 3.58. The van der Waals surface area contributed by atoms with Crippen LogP contribution in [-0.2, 0) is 6.42 Å². The maximum atomic E-state index is 12.3. The first-order chi connectivity index (χ1) is 11.2. The van der Waals surface area contributed by atoms with Crippen molar-refractivity contribution < 1.29 is 4.79 Å². The number of nitrogens with one attached hydrogen (secondary N) is 2. The van der Waals surface area contributed by atoms with Gasteiger partial charge in [-0.15, -0.1) is 0 Å². The smallest absolute Gasteiger partial charge is 0.260 e. The van der Waals surface area contributed by atoms with Crippen LogP contribution in [-0.4, -0.2) is 23.4 Å². The van der Waals surface area contributed by atoms with Gasteiger partial charge in [-0.2, -0.15) is 0 Å². The molecule has 5 heteroatoms. The van der Waals surface area contributed by atoms with E-state index in [9.17, 15) is 4.79 Å². The fourth-order valence-electron chi connectivity index (χ4n) is 2.43. The Morgan fingerprint density at radius 3 is 2.65 bits per heavy atom. The third-order valence-electron chi connectivity index (χ3n) is 3.60. The van der Waals surface area contributed by atoms with Gasteiger partial charge in [0.05, 0.1) is 5.56 Å². The highest BCUT2D eigenvalue weighted by Crippen LogP contribution is 2.17. The van der Waals surface area contributed by atoms with Crippen LogP contribution in [0.5, 0.6) is 0 Å². The number of nitrogens with zero attached hydrogens (tertiary/aromatic N) is 1. The van der Waals surface area contributed by atoms with Crippen LogP contribution in [0.4, 0.5) is 0 Å². The average Bonchev–Trinajstić information content (AvgIpc) is 3.00. The van der Waals surface area contributed by atoms with Gasteiger partial charge in [-0.1, -0.05) is 48.5 Å². The molecule has 0 fully saturated rings. The van der Waals surface area contributed by atoms with E-state index in [0.717, 1.165) is 17.3 Å². The van der Waals surface area contributed by atoms with Crippen molar-refractivity contribution in [1.82, 2.24) is 10.3 Å². The Kier molecular flexibility index (Phi) is 4.38. The van der Waals surface area contributed by atoms with Crippen LogP contribution in [0.15, 0.2) is 65.8 Å². The number of para-hydroxylation sites is 1. The second-order valence-electron chi connectivity index (χ2n) is 5.20. The van der Waals surface area contributed by atoms with Crippen LogP contribution in [0, 0.1) is 0 Å². The zero-order valence-corrected chi connectivity index (χ0v) is 12.6. The SMILES string of the molecule is NC(=NCCc1ccccc1)NC(=O)c1c[nH]c2ccccc12. The number of carbonyl (C=O) groups is 1. The van der Waals surface area contributed by atoms with Crippen LogP contribution >= 0.6 is 0 Å². The van der Waals surface area contributed by atoms with Gasteiger partial charge in [0, 0.05) is 23.6 Å². The molecule has 0 spiro atoms. The van der Waals surface area contributed by atoms with Crippen molar-refractivity contribution in [3.63, 3.8) is 0 Å². The van der Waals surface area contributed by atoms with E-state index < -0.39 is 0 Å². The Labute approximate surface area is 134 Å². The largest absolute Gasteiger partial charge is 0.370 e.